The number of rotatable bonds is 7. The molecule has 184 valence electrons. The first kappa shape index (κ1) is 25.4. The third kappa shape index (κ3) is 5.47. The Morgan fingerprint density at radius 3 is 1.76 bits per heavy atom. The van der Waals surface area contributed by atoms with Gasteiger partial charge in [-0.05, 0) is 118 Å². The van der Waals surface area contributed by atoms with Gasteiger partial charge in [0.2, 0.25) is 0 Å². The molecule has 2 heterocycles. The Balaban J connectivity index is 1.58. The summed E-state index contributed by atoms with van der Waals surface area (Å²) in [6.45, 7) is 4.57. The van der Waals surface area contributed by atoms with E-state index in [1.165, 1.54) is 81.5 Å². The van der Waals surface area contributed by atoms with Crippen LogP contribution < -0.4 is 20.5 Å². The molecule has 0 aliphatic carbocycles. The van der Waals surface area contributed by atoms with Gasteiger partial charge in [0.1, 0.15) is 0 Å². The third-order valence-electron chi connectivity index (χ3n) is 6.53. The van der Waals surface area contributed by atoms with Crippen LogP contribution in [0.2, 0.25) is 0 Å². The van der Waals surface area contributed by atoms with Crippen molar-refractivity contribution >= 4 is 60.4 Å². The van der Waals surface area contributed by atoms with Crippen molar-refractivity contribution < 1.29 is 0 Å². The van der Waals surface area contributed by atoms with Crippen LogP contribution in [0, 0.1) is 13.8 Å². The minimum atomic E-state index is 1.22. The Bertz CT molecular complexity index is 1650. The standard InChI is InChI=1S/C34H26P2S2/c1-23-19-26(25-11-5-3-6-12-25)21-29(35-28-13-7-4-8-14-28)33(23)34-24(2)20-27(31-15-9-17-37-31)22-30(34)36-32-16-10-18-38-32/h3-22H,1-2H3. The van der Waals surface area contributed by atoms with E-state index in [1.54, 1.807) is 0 Å². The van der Waals surface area contributed by atoms with Gasteiger partial charge in [0.05, 0.1) is 0 Å². The summed E-state index contributed by atoms with van der Waals surface area (Å²) in [5.41, 5.74) is 9.22. The molecule has 2 aromatic heterocycles. The molecule has 0 fully saturated rings. The third-order valence-corrected chi connectivity index (χ3v) is 10.8. The summed E-state index contributed by atoms with van der Waals surface area (Å²) < 4.78 is 1.37. The van der Waals surface area contributed by atoms with Gasteiger partial charge in [0.25, 0.3) is 0 Å². The molecule has 4 aromatic carbocycles. The van der Waals surface area contributed by atoms with Crippen LogP contribution in [0.3, 0.4) is 0 Å². The molecule has 2 radical (unpaired) electrons. The van der Waals surface area contributed by atoms with E-state index in [9.17, 15) is 0 Å². The van der Waals surface area contributed by atoms with Crippen LogP contribution >= 0.6 is 39.8 Å². The van der Waals surface area contributed by atoms with E-state index >= 15 is 0 Å². The van der Waals surface area contributed by atoms with E-state index in [-0.39, 0.29) is 0 Å². The Morgan fingerprint density at radius 1 is 0.500 bits per heavy atom. The maximum atomic E-state index is 2.42. The van der Waals surface area contributed by atoms with Gasteiger partial charge in [-0.1, -0.05) is 78.9 Å². The SMILES string of the molecule is Cc1cc(-c2ccccc2)cc([P]c2ccccc2)c1-c1c(C)cc(-c2cccs2)cc1[P]c1cccs1. The monoisotopic (exact) mass is 560 g/mol. The minimum Gasteiger partial charge on any atom is -0.144 e. The fraction of sp³-hybridized carbons (Fsp3) is 0.0588. The Labute approximate surface area is 237 Å². The lowest BCUT2D eigenvalue weighted by molar-refractivity contribution is 1.43. The predicted octanol–water partition coefficient (Wildman–Crippen LogP) is 9.22. The highest BCUT2D eigenvalue weighted by atomic mass is 32.1. The Hall–Kier alpha value is -2.86. The number of thiophene rings is 2. The lowest BCUT2D eigenvalue weighted by Crippen LogP contribution is -2.15. The molecule has 0 amide bonds. The average molecular weight is 561 g/mol. The van der Waals surface area contributed by atoms with Crippen molar-refractivity contribution in [1.29, 1.82) is 0 Å². The molecule has 6 aromatic rings. The second kappa shape index (κ2) is 11.5. The van der Waals surface area contributed by atoms with Gasteiger partial charge >= 0.3 is 0 Å². The summed E-state index contributed by atoms with van der Waals surface area (Å²) in [7, 11) is 2.48. The molecule has 0 spiro atoms. The predicted molar refractivity (Wildman–Crippen MR) is 173 cm³/mol. The van der Waals surface area contributed by atoms with Crippen LogP contribution in [0.1, 0.15) is 11.1 Å². The molecule has 6 rings (SSSR count). The number of hydrogen-bond donors (Lipinski definition) is 0. The quantitative estimate of drug-likeness (QED) is 0.171. The molecule has 0 saturated carbocycles. The largest absolute Gasteiger partial charge is 0.144 e. The fourth-order valence-electron chi connectivity index (χ4n) is 4.84. The zero-order valence-corrected chi connectivity index (χ0v) is 24.7. The molecule has 38 heavy (non-hydrogen) atoms. The van der Waals surface area contributed by atoms with Crippen molar-refractivity contribution in [2.24, 2.45) is 0 Å². The first-order chi connectivity index (χ1) is 18.7. The summed E-state index contributed by atoms with van der Waals surface area (Å²) in [4.78, 5) is 1.32. The van der Waals surface area contributed by atoms with Gasteiger partial charge in [0, 0.05) is 18.1 Å². The van der Waals surface area contributed by atoms with Crippen LogP contribution in [0.4, 0.5) is 0 Å². The zero-order valence-electron chi connectivity index (χ0n) is 21.3. The van der Waals surface area contributed by atoms with E-state index < -0.39 is 0 Å². The van der Waals surface area contributed by atoms with Crippen LogP contribution in [0.15, 0.2) is 120 Å². The number of hydrogen-bond acceptors (Lipinski definition) is 2. The molecule has 0 aliphatic heterocycles. The van der Waals surface area contributed by atoms with Crippen LogP contribution in [0.5, 0.6) is 0 Å². The van der Waals surface area contributed by atoms with Gasteiger partial charge in [0.15, 0.2) is 0 Å². The van der Waals surface area contributed by atoms with E-state index in [2.05, 4.69) is 134 Å². The summed E-state index contributed by atoms with van der Waals surface area (Å²) in [6, 6.07) is 39.9. The van der Waals surface area contributed by atoms with E-state index in [4.69, 9.17) is 0 Å². The first-order valence-electron chi connectivity index (χ1n) is 12.6. The Kier molecular flexibility index (Phi) is 7.68. The molecular weight excluding hydrogens is 534 g/mol. The van der Waals surface area contributed by atoms with Crippen molar-refractivity contribution in [3.8, 4) is 32.7 Å². The molecule has 0 N–H and O–H groups in total. The fourth-order valence-corrected chi connectivity index (χ4v) is 8.90. The highest BCUT2D eigenvalue weighted by Gasteiger charge is 2.20. The second-order valence-corrected chi connectivity index (χ2v) is 13.8. The maximum Gasteiger partial charge on any atom is 0.0373 e. The van der Waals surface area contributed by atoms with E-state index in [0.29, 0.717) is 0 Å². The zero-order chi connectivity index (χ0) is 25.9. The van der Waals surface area contributed by atoms with Crippen LogP contribution in [-0.2, 0) is 0 Å². The summed E-state index contributed by atoms with van der Waals surface area (Å²) >= 11 is 3.64. The average Bonchev–Trinajstić information content (AvgIpc) is 3.65. The molecule has 4 heteroatoms. The normalized spacial score (nSPS) is 11.7. The second-order valence-electron chi connectivity index (χ2n) is 9.23. The molecular formula is C34H26P2S2. The lowest BCUT2D eigenvalue weighted by atomic mass is 9.92. The van der Waals surface area contributed by atoms with Gasteiger partial charge in [-0.2, -0.15) is 0 Å². The van der Waals surface area contributed by atoms with Gasteiger partial charge in [-0.25, -0.2) is 0 Å². The lowest BCUT2D eigenvalue weighted by Gasteiger charge is -2.21. The Morgan fingerprint density at radius 2 is 1.11 bits per heavy atom. The van der Waals surface area contributed by atoms with Crippen molar-refractivity contribution in [3.63, 3.8) is 0 Å². The van der Waals surface area contributed by atoms with Crippen molar-refractivity contribution in [3.05, 3.63) is 131 Å². The molecule has 0 saturated heterocycles. The minimum absolute atomic E-state index is 1.22. The highest BCUT2D eigenvalue weighted by Crippen LogP contribution is 2.37. The van der Waals surface area contributed by atoms with Crippen molar-refractivity contribution in [2.75, 3.05) is 0 Å². The molecule has 0 bridgehead atoms. The summed E-state index contributed by atoms with van der Waals surface area (Å²) in [5, 5.41) is 8.37. The van der Waals surface area contributed by atoms with Crippen LogP contribution in [0.25, 0.3) is 32.7 Å². The topological polar surface area (TPSA) is 0 Å². The highest BCUT2D eigenvalue weighted by molar-refractivity contribution is 7.63. The van der Waals surface area contributed by atoms with Crippen LogP contribution in [-0.4, -0.2) is 0 Å². The maximum absolute atomic E-state index is 2.42. The molecule has 0 atom stereocenters. The van der Waals surface area contributed by atoms with Gasteiger partial charge in [-0.3, -0.25) is 0 Å². The summed E-state index contributed by atoms with van der Waals surface area (Å²) in [6.07, 6.45) is 0. The van der Waals surface area contributed by atoms with Gasteiger partial charge < -0.3 is 0 Å². The molecule has 0 nitrogen and oxygen atoms in total. The van der Waals surface area contributed by atoms with E-state index in [0.717, 1.165) is 0 Å². The van der Waals surface area contributed by atoms with Crippen molar-refractivity contribution in [1.82, 2.24) is 0 Å². The number of benzene rings is 4. The smallest absolute Gasteiger partial charge is 0.0373 e. The first-order valence-corrected chi connectivity index (χ1v) is 16.1. The van der Waals surface area contributed by atoms with Crippen molar-refractivity contribution in [2.45, 2.75) is 13.8 Å². The molecule has 0 aliphatic rings. The van der Waals surface area contributed by atoms with Gasteiger partial charge in [-0.15, -0.1) is 22.7 Å². The van der Waals surface area contributed by atoms with E-state index in [1.807, 2.05) is 22.7 Å². The summed E-state index contributed by atoms with van der Waals surface area (Å²) in [5.74, 6) is 0. The number of aryl methyl sites for hydroxylation is 2. The molecule has 0 unspecified atom stereocenters.